The number of hydrogen-bond acceptors (Lipinski definition) is 2. The maximum atomic E-state index is 12.3. The molecule has 2 fully saturated rings. The molecule has 2 rings (SSSR count). The van der Waals surface area contributed by atoms with Crippen LogP contribution in [0.25, 0.3) is 0 Å². The molecular formula is C14H26N2O. The fourth-order valence-corrected chi connectivity index (χ4v) is 3.28. The van der Waals surface area contributed by atoms with Gasteiger partial charge in [-0.25, -0.2) is 0 Å². The van der Waals surface area contributed by atoms with Gasteiger partial charge in [0.05, 0.1) is 5.92 Å². The molecule has 1 atom stereocenters. The Labute approximate surface area is 105 Å². The van der Waals surface area contributed by atoms with Crippen LogP contribution in [-0.4, -0.2) is 37.0 Å². The minimum atomic E-state index is 0.255. The van der Waals surface area contributed by atoms with E-state index in [0.717, 1.165) is 32.6 Å². The molecule has 2 heterocycles. The first-order valence-corrected chi connectivity index (χ1v) is 7.20. The summed E-state index contributed by atoms with van der Waals surface area (Å²) in [6.07, 6.45) is 5.95. The van der Waals surface area contributed by atoms with Gasteiger partial charge in [-0.2, -0.15) is 0 Å². The number of piperidine rings is 1. The summed E-state index contributed by atoms with van der Waals surface area (Å²) in [5.41, 5.74) is 0.519. The third-order valence-electron chi connectivity index (χ3n) is 5.05. The summed E-state index contributed by atoms with van der Waals surface area (Å²) in [7, 11) is 0. The van der Waals surface area contributed by atoms with Gasteiger partial charge in [0.25, 0.3) is 0 Å². The summed E-state index contributed by atoms with van der Waals surface area (Å²) in [4.78, 5) is 14.4. The monoisotopic (exact) mass is 238 g/mol. The van der Waals surface area contributed by atoms with Crippen molar-refractivity contribution in [1.29, 1.82) is 0 Å². The van der Waals surface area contributed by atoms with Gasteiger partial charge in [0.1, 0.15) is 0 Å². The summed E-state index contributed by atoms with van der Waals surface area (Å²) < 4.78 is 0. The second-order valence-corrected chi connectivity index (χ2v) is 5.72. The van der Waals surface area contributed by atoms with Gasteiger partial charge in [0.2, 0.25) is 5.91 Å². The van der Waals surface area contributed by atoms with Crippen molar-refractivity contribution in [3.63, 3.8) is 0 Å². The molecule has 0 aliphatic carbocycles. The lowest BCUT2D eigenvalue weighted by molar-refractivity contribution is -0.137. The smallest absolute Gasteiger partial charge is 0.227 e. The third-order valence-corrected chi connectivity index (χ3v) is 5.05. The van der Waals surface area contributed by atoms with Crippen LogP contribution in [0.5, 0.6) is 0 Å². The van der Waals surface area contributed by atoms with E-state index >= 15 is 0 Å². The molecule has 0 aromatic heterocycles. The Hall–Kier alpha value is -0.570. The zero-order valence-electron chi connectivity index (χ0n) is 11.3. The molecule has 0 aromatic carbocycles. The van der Waals surface area contributed by atoms with Crippen molar-refractivity contribution < 1.29 is 4.79 Å². The lowest BCUT2D eigenvalue weighted by atomic mass is 9.74. The van der Waals surface area contributed by atoms with Crippen molar-refractivity contribution in [3.05, 3.63) is 0 Å². The predicted molar refractivity (Wildman–Crippen MR) is 69.8 cm³/mol. The number of carbonyl (C=O) groups excluding carboxylic acids is 1. The summed E-state index contributed by atoms with van der Waals surface area (Å²) in [6, 6.07) is 0. The number of nitrogens with one attached hydrogen (secondary N) is 1. The van der Waals surface area contributed by atoms with Crippen LogP contribution < -0.4 is 5.32 Å². The van der Waals surface area contributed by atoms with Crippen LogP contribution in [0.2, 0.25) is 0 Å². The molecule has 0 bridgehead atoms. The molecule has 98 valence electrons. The van der Waals surface area contributed by atoms with Gasteiger partial charge in [0, 0.05) is 19.6 Å². The molecule has 2 aliphatic rings. The zero-order valence-corrected chi connectivity index (χ0v) is 11.3. The van der Waals surface area contributed by atoms with Gasteiger partial charge in [-0.3, -0.25) is 4.79 Å². The van der Waals surface area contributed by atoms with Gasteiger partial charge < -0.3 is 10.2 Å². The van der Waals surface area contributed by atoms with E-state index in [1.54, 1.807) is 0 Å². The Morgan fingerprint density at radius 1 is 1.29 bits per heavy atom. The lowest BCUT2D eigenvalue weighted by Crippen LogP contribution is -2.45. The first-order chi connectivity index (χ1) is 8.21. The number of rotatable bonds is 3. The van der Waals surface area contributed by atoms with Crippen LogP contribution in [0.3, 0.4) is 0 Å². The van der Waals surface area contributed by atoms with E-state index in [1.807, 2.05) is 0 Å². The predicted octanol–water partition coefficient (Wildman–Crippen LogP) is 2.02. The normalized spacial score (nSPS) is 28.4. The third kappa shape index (κ3) is 2.65. The molecule has 3 nitrogen and oxygen atoms in total. The van der Waals surface area contributed by atoms with Gasteiger partial charge >= 0.3 is 0 Å². The van der Waals surface area contributed by atoms with E-state index in [9.17, 15) is 4.79 Å². The average Bonchev–Trinajstić information content (AvgIpc) is 2.92. The second kappa shape index (κ2) is 5.38. The topological polar surface area (TPSA) is 32.3 Å². The van der Waals surface area contributed by atoms with Gasteiger partial charge in [0.15, 0.2) is 0 Å². The Bertz CT molecular complexity index is 257. The van der Waals surface area contributed by atoms with Crippen LogP contribution in [0.15, 0.2) is 0 Å². The van der Waals surface area contributed by atoms with Gasteiger partial charge in [-0.15, -0.1) is 0 Å². The minimum Gasteiger partial charge on any atom is -0.342 e. The number of carbonyl (C=O) groups is 1. The molecule has 0 aromatic rings. The number of likely N-dealkylation sites (tertiary alicyclic amines) is 1. The highest BCUT2D eigenvalue weighted by Gasteiger charge is 2.35. The first kappa shape index (κ1) is 12.9. The highest BCUT2D eigenvalue weighted by Crippen LogP contribution is 2.38. The molecule has 2 saturated heterocycles. The molecule has 1 N–H and O–H groups in total. The maximum Gasteiger partial charge on any atom is 0.227 e. The van der Waals surface area contributed by atoms with Crippen molar-refractivity contribution in [1.82, 2.24) is 10.2 Å². The quantitative estimate of drug-likeness (QED) is 0.816. The van der Waals surface area contributed by atoms with Crippen LogP contribution in [0.1, 0.15) is 46.0 Å². The van der Waals surface area contributed by atoms with Gasteiger partial charge in [-0.1, -0.05) is 26.7 Å². The van der Waals surface area contributed by atoms with Crippen molar-refractivity contribution in [2.45, 2.75) is 46.0 Å². The van der Waals surface area contributed by atoms with Crippen molar-refractivity contribution >= 4 is 5.91 Å². The van der Waals surface area contributed by atoms with E-state index in [4.69, 9.17) is 0 Å². The fraction of sp³-hybridized carbons (Fsp3) is 0.929. The van der Waals surface area contributed by atoms with Crippen LogP contribution in [0.4, 0.5) is 0 Å². The maximum absolute atomic E-state index is 12.3. The van der Waals surface area contributed by atoms with Crippen LogP contribution in [0, 0.1) is 11.3 Å². The highest BCUT2D eigenvalue weighted by atomic mass is 16.2. The zero-order chi connectivity index (χ0) is 12.3. The standard InChI is InChI=1S/C14H26N2O/c1-3-14(4-2)6-9-16(10-7-14)13(17)12-5-8-15-11-12/h12,15H,3-11H2,1-2H3. The molecule has 17 heavy (non-hydrogen) atoms. The van der Waals surface area contributed by atoms with Gasteiger partial charge in [-0.05, 0) is 31.2 Å². The Morgan fingerprint density at radius 3 is 2.41 bits per heavy atom. The minimum absolute atomic E-state index is 0.255. The number of hydrogen-bond donors (Lipinski definition) is 1. The molecule has 0 spiro atoms. The van der Waals surface area contributed by atoms with E-state index in [-0.39, 0.29) is 5.92 Å². The summed E-state index contributed by atoms with van der Waals surface area (Å²) >= 11 is 0. The van der Waals surface area contributed by atoms with E-state index in [2.05, 4.69) is 24.1 Å². The van der Waals surface area contributed by atoms with Crippen LogP contribution >= 0.6 is 0 Å². The molecule has 0 saturated carbocycles. The Morgan fingerprint density at radius 2 is 1.94 bits per heavy atom. The first-order valence-electron chi connectivity index (χ1n) is 7.20. The molecule has 3 heteroatoms. The second-order valence-electron chi connectivity index (χ2n) is 5.72. The summed E-state index contributed by atoms with van der Waals surface area (Å²) in [6.45, 7) is 8.46. The average molecular weight is 238 g/mol. The van der Waals surface area contributed by atoms with Crippen molar-refractivity contribution in [3.8, 4) is 0 Å². The molecule has 2 aliphatic heterocycles. The Kier molecular flexibility index (Phi) is 4.08. The molecule has 1 amide bonds. The molecule has 0 radical (unpaired) electrons. The van der Waals surface area contributed by atoms with E-state index in [1.165, 1.54) is 25.7 Å². The summed E-state index contributed by atoms with van der Waals surface area (Å²) in [5.74, 6) is 0.654. The lowest BCUT2D eigenvalue weighted by Gasteiger charge is -2.41. The summed E-state index contributed by atoms with van der Waals surface area (Å²) in [5, 5.41) is 3.28. The Balaban J connectivity index is 1.87. The van der Waals surface area contributed by atoms with E-state index < -0.39 is 0 Å². The highest BCUT2D eigenvalue weighted by molar-refractivity contribution is 5.79. The SMILES string of the molecule is CCC1(CC)CCN(C(=O)C2CCNC2)CC1. The van der Waals surface area contributed by atoms with Crippen molar-refractivity contribution in [2.24, 2.45) is 11.3 Å². The number of amides is 1. The molecule has 1 unspecified atom stereocenters. The van der Waals surface area contributed by atoms with Crippen molar-refractivity contribution in [2.75, 3.05) is 26.2 Å². The fourth-order valence-electron chi connectivity index (χ4n) is 3.28. The molecular weight excluding hydrogens is 212 g/mol. The number of nitrogens with zero attached hydrogens (tertiary/aromatic N) is 1. The van der Waals surface area contributed by atoms with Crippen LogP contribution in [-0.2, 0) is 4.79 Å². The largest absolute Gasteiger partial charge is 0.342 e. The van der Waals surface area contributed by atoms with E-state index in [0.29, 0.717) is 11.3 Å².